The SMILES string of the molecule is CC(Cl)c1nc2c(C#N)cccc2n1CC1CCCS1. The van der Waals surface area contributed by atoms with Gasteiger partial charge in [-0.1, -0.05) is 6.07 Å². The van der Waals surface area contributed by atoms with Crippen LogP contribution >= 0.6 is 23.4 Å². The maximum absolute atomic E-state index is 9.22. The normalized spacial score (nSPS) is 20.1. The number of fused-ring (bicyclic) bond motifs is 1. The Balaban J connectivity index is 2.12. The minimum Gasteiger partial charge on any atom is -0.326 e. The van der Waals surface area contributed by atoms with Gasteiger partial charge in [-0.2, -0.15) is 17.0 Å². The highest BCUT2D eigenvalue weighted by atomic mass is 35.5. The van der Waals surface area contributed by atoms with E-state index in [9.17, 15) is 5.26 Å². The number of rotatable bonds is 3. The number of hydrogen-bond donors (Lipinski definition) is 0. The first-order valence-corrected chi connectivity index (χ1v) is 8.34. The average molecular weight is 306 g/mol. The first-order chi connectivity index (χ1) is 9.70. The standard InChI is InChI=1S/C15H16ClN3S/c1-10(16)15-18-14-11(8-17)4-2-6-13(14)19(15)9-12-5-3-7-20-12/h2,4,6,10,12H,3,5,7,9H2,1H3. The lowest BCUT2D eigenvalue weighted by Gasteiger charge is -2.14. The fourth-order valence-corrected chi connectivity index (χ4v) is 4.16. The third-order valence-electron chi connectivity index (χ3n) is 3.69. The molecule has 1 aliphatic heterocycles. The van der Waals surface area contributed by atoms with Gasteiger partial charge in [0.2, 0.25) is 0 Å². The number of alkyl halides is 1. The zero-order valence-electron chi connectivity index (χ0n) is 11.3. The third kappa shape index (κ3) is 2.41. The number of aromatic nitrogens is 2. The van der Waals surface area contributed by atoms with E-state index in [2.05, 4.69) is 15.6 Å². The zero-order chi connectivity index (χ0) is 14.1. The van der Waals surface area contributed by atoms with Gasteiger partial charge in [-0.3, -0.25) is 0 Å². The fourth-order valence-electron chi connectivity index (χ4n) is 2.74. The van der Waals surface area contributed by atoms with E-state index in [1.54, 1.807) is 0 Å². The van der Waals surface area contributed by atoms with Crippen LogP contribution in [0.15, 0.2) is 18.2 Å². The summed E-state index contributed by atoms with van der Waals surface area (Å²) in [5.41, 5.74) is 2.43. The van der Waals surface area contributed by atoms with Crippen molar-refractivity contribution in [2.24, 2.45) is 0 Å². The topological polar surface area (TPSA) is 41.6 Å². The van der Waals surface area contributed by atoms with Crippen molar-refractivity contribution >= 4 is 34.4 Å². The molecule has 20 heavy (non-hydrogen) atoms. The maximum atomic E-state index is 9.22. The van der Waals surface area contributed by atoms with E-state index in [-0.39, 0.29) is 5.38 Å². The fraction of sp³-hybridized carbons (Fsp3) is 0.467. The molecule has 0 bridgehead atoms. The lowest BCUT2D eigenvalue weighted by Crippen LogP contribution is -2.13. The second kappa shape index (κ2) is 5.67. The molecule has 2 atom stereocenters. The van der Waals surface area contributed by atoms with Crippen molar-refractivity contribution in [1.82, 2.24) is 9.55 Å². The van der Waals surface area contributed by atoms with Crippen LogP contribution in [0.4, 0.5) is 0 Å². The molecule has 5 heteroatoms. The molecular formula is C15H16ClN3S. The maximum Gasteiger partial charge on any atom is 0.127 e. The molecule has 1 aromatic heterocycles. The summed E-state index contributed by atoms with van der Waals surface area (Å²) in [6.07, 6.45) is 2.54. The van der Waals surface area contributed by atoms with E-state index in [4.69, 9.17) is 11.6 Å². The number of nitriles is 1. The lowest BCUT2D eigenvalue weighted by atomic mass is 10.2. The van der Waals surface area contributed by atoms with Crippen molar-refractivity contribution < 1.29 is 0 Å². The summed E-state index contributed by atoms with van der Waals surface area (Å²) in [5.74, 6) is 2.11. The van der Waals surface area contributed by atoms with Crippen LogP contribution in [0, 0.1) is 11.3 Å². The lowest BCUT2D eigenvalue weighted by molar-refractivity contribution is 0.623. The largest absolute Gasteiger partial charge is 0.326 e. The van der Waals surface area contributed by atoms with Gasteiger partial charge in [0.25, 0.3) is 0 Å². The molecule has 1 aromatic carbocycles. The molecule has 2 unspecified atom stereocenters. The van der Waals surface area contributed by atoms with Crippen molar-refractivity contribution in [3.8, 4) is 6.07 Å². The number of imidazole rings is 1. The highest BCUT2D eigenvalue weighted by Gasteiger charge is 2.22. The molecule has 0 saturated carbocycles. The minimum atomic E-state index is -0.152. The van der Waals surface area contributed by atoms with E-state index in [0.29, 0.717) is 10.8 Å². The van der Waals surface area contributed by atoms with Gasteiger partial charge in [-0.25, -0.2) is 4.98 Å². The Morgan fingerprint density at radius 2 is 2.45 bits per heavy atom. The second-order valence-electron chi connectivity index (χ2n) is 5.12. The summed E-state index contributed by atoms with van der Waals surface area (Å²) in [6, 6.07) is 7.98. The summed E-state index contributed by atoms with van der Waals surface area (Å²) < 4.78 is 2.21. The Labute approximate surface area is 127 Å². The van der Waals surface area contributed by atoms with Gasteiger partial charge in [-0.05, 0) is 37.7 Å². The van der Waals surface area contributed by atoms with Crippen LogP contribution in [0.3, 0.4) is 0 Å². The smallest absolute Gasteiger partial charge is 0.127 e. The Morgan fingerprint density at radius 1 is 1.60 bits per heavy atom. The summed E-state index contributed by atoms with van der Waals surface area (Å²) >= 11 is 8.31. The van der Waals surface area contributed by atoms with Crippen molar-refractivity contribution in [3.63, 3.8) is 0 Å². The average Bonchev–Trinajstić information content (AvgIpc) is 3.07. The van der Waals surface area contributed by atoms with Gasteiger partial charge >= 0.3 is 0 Å². The van der Waals surface area contributed by atoms with Gasteiger partial charge in [0, 0.05) is 11.8 Å². The Bertz CT molecular complexity index is 666. The number of benzene rings is 1. The van der Waals surface area contributed by atoms with Crippen LogP contribution < -0.4 is 0 Å². The Kier molecular flexibility index (Phi) is 3.91. The first kappa shape index (κ1) is 13.8. The van der Waals surface area contributed by atoms with Crippen LogP contribution in [-0.2, 0) is 6.54 Å². The van der Waals surface area contributed by atoms with Crippen molar-refractivity contribution in [2.75, 3.05) is 5.75 Å². The number of para-hydroxylation sites is 1. The van der Waals surface area contributed by atoms with Crippen molar-refractivity contribution in [3.05, 3.63) is 29.6 Å². The van der Waals surface area contributed by atoms with Crippen LogP contribution in [0.5, 0.6) is 0 Å². The molecule has 2 aromatic rings. The molecule has 0 radical (unpaired) electrons. The number of halogens is 1. The van der Waals surface area contributed by atoms with Crippen molar-refractivity contribution in [2.45, 2.75) is 36.9 Å². The highest BCUT2D eigenvalue weighted by molar-refractivity contribution is 8.00. The summed E-state index contributed by atoms with van der Waals surface area (Å²) in [6.45, 7) is 2.87. The summed E-state index contributed by atoms with van der Waals surface area (Å²) in [4.78, 5) is 4.62. The monoisotopic (exact) mass is 305 g/mol. The third-order valence-corrected chi connectivity index (χ3v) is 5.27. The summed E-state index contributed by atoms with van der Waals surface area (Å²) in [5, 5.41) is 9.70. The molecule has 1 fully saturated rings. The molecule has 0 aliphatic carbocycles. The molecule has 3 rings (SSSR count). The minimum absolute atomic E-state index is 0.152. The number of thioether (sulfide) groups is 1. The molecule has 0 spiro atoms. The van der Waals surface area contributed by atoms with Gasteiger partial charge in [0.05, 0.1) is 16.5 Å². The number of nitrogens with zero attached hydrogens (tertiary/aromatic N) is 3. The van der Waals surface area contributed by atoms with Crippen LogP contribution in [-0.4, -0.2) is 20.6 Å². The Morgan fingerprint density at radius 3 is 3.10 bits per heavy atom. The van der Waals surface area contributed by atoms with E-state index in [1.807, 2.05) is 36.9 Å². The molecular weight excluding hydrogens is 290 g/mol. The van der Waals surface area contributed by atoms with Gasteiger partial charge < -0.3 is 4.57 Å². The Hall–Kier alpha value is -1.18. The van der Waals surface area contributed by atoms with Gasteiger partial charge in [0.1, 0.15) is 17.4 Å². The van der Waals surface area contributed by atoms with E-state index in [0.717, 1.165) is 23.4 Å². The van der Waals surface area contributed by atoms with Gasteiger partial charge in [-0.15, -0.1) is 11.6 Å². The first-order valence-electron chi connectivity index (χ1n) is 6.85. The van der Waals surface area contributed by atoms with E-state index < -0.39 is 0 Å². The molecule has 0 amide bonds. The molecule has 0 N–H and O–H groups in total. The zero-order valence-corrected chi connectivity index (χ0v) is 12.9. The predicted molar refractivity (Wildman–Crippen MR) is 84.2 cm³/mol. The molecule has 2 heterocycles. The van der Waals surface area contributed by atoms with Crippen LogP contribution in [0.25, 0.3) is 11.0 Å². The molecule has 104 valence electrons. The summed E-state index contributed by atoms with van der Waals surface area (Å²) in [7, 11) is 0. The van der Waals surface area contributed by atoms with Crippen molar-refractivity contribution in [1.29, 1.82) is 5.26 Å². The quantitative estimate of drug-likeness (QED) is 0.802. The predicted octanol–water partition coefficient (Wildman–Crippen LogP) is 4.10. The molecule has 3 nitrogen and oxygen atoms in total. The van der Waals surface area contributed by atoms with Crippen LogP contribution in [0.2, 0.25) is 0 Å². The highest BCUT2D eigenvalue weighted by Crippen LogP contribution is 2.32. The van der Waals surface area contributed by atoms with Gasteiger partial charge in [0.15, 0.2) is 0 Å². The van der Waals surface area contributed by atoms with E-state index >= 15 is 0 Å². The molecule has 1 aliphatic rings. The second-order valence-corrected chi connectivity index (χ2v) is 7.18. The van der Waals surface area contributed by atoms with E-state index in [1.165, 1.54) is 18.6 Å². The molecule has 1 saturated heterocycles. The van der Waals surface area contributed by atoms with Crippen LogP contribution in [0.1, 0.15) is 36.5 Å². The number of hydrogen-bond acceptors (Lipinski definition) is 3.